The summed E-state index contributed by atoms with van der Waals surface area (Å²) in [5.41, 5.74) is 1.23. The molecule has 2 nitrogen and oxygen atoms in total. The molecule has 0 spiro atoms. The number of hydrogen-bond donors (Lipinski definition) is 1. The maximum absolute atomic E-state index is 8.75. The van der Waals surface area contributed by atoms with E-state index in [1.54, 1.807) is 0 Å². The fraction of sp³-hybridized carbons (Fsp3) is 0.400. The van der Waals surface area contributed by atoms with Gasteiger partial charge in [-0.3, -0.25) is 4.90 Å². The minimum absolute atomic E-state index is 0.203. The molecule has 0 heterocycles. The molecule has 0 amide bonds. The molecule has 1 aromatic rings. The molecule has 0 unspecified atom stereocenters. The van der Waals surface area contributed by atoms with E-state index in [4.69, 9.17) is 5.11 Å². The van der Waals surface area contributed by atoms with Gasteiger partial charge in [0.2, 0.25) is 0 Å². The molecular weight excluding hydrogens is 310 g/mol. The van der Waals surface area contributed by atoms with Crippen molar-refractivity contribution in [1.82, 2.24) is 4.90 Å². The summed E-state index contributed by atoms with van der Waals surface area (Å²) in [5, 5.41) is 8.75. The van der Waals surface area contributed by atoms with Gasteiger partial charge in [0.25, 0.3) is 0 Å². The molecule has 0 bridgehead atoms. The van der Waals surface area contributed by atoms with E-state index in [0.29, 0.717) is 6.54 Å². The van der Waals surface area contributed by atoms with Gasteiger partial charge in [-0.25, -0.2) is 0 Å². The molecule has 1 N–H and O–H groups in total. The van der Waals surface area contributed by atoms with Crippen molar-refractivity contribution in [2.45, 2.75) is 6.54 Å². The number of rotatable bonds is 4. The molecule has 0 aliphatic heterocycles. The second-order valence-electron chi connectivity index (χ2n) is 3.21. The van der Waals surface area contributed by atoms with Crippen LogP contribution in [0, 0.1) is 0 Å². The normalized spacial score (nSPS) is 10.9. The minimum Gasteiger partial charge on any atom is -0.395 e. The zero-order chi connectivity index (χ0) is 10.6. The van der Waals surface area contributed by atoms with E-state index in [2.05, 4.69) is 48.9 Å². The molecule has 0 aliphatic rings. The van der Waals surface area contributed by atoms with Gasteiger partial charge < -0.3 is 5.11 Å². The molecule has 78 valence electrons. The van der Waals surface area contributed by atoms with Crippen LogP contribution in [0.3, 0.4) is 0 Å². The number of nitrogens with zero attached hydrogens (tertiary/aromatic N) is 1. The second-order valence-corrected chi connectivity index (χ2v) is 4.92. The average molecular weight is 323 g/mol. The first-order valence-corrected chi connectivity index (χ1v) is 5.95. The molecule has 14 heavy (non-hydrogen) atoms. The third kappa shape index (κ3) is 3.69. The molecule has 0 radical (unpaired) electrons. The Morgan fingerprint density at radius 2 is 2.00 bits per heavy atom. The Balaban J connectivity index is 2.63. The van der Waals surface area contributed by atoms with E-state index in [-0.39, 0.29) is 6.61 Å². The fourth-order valence-corrected chi connectivity index (χ4v) is 1.87. The summed E-state index contributed by atoms with van der Waals surface area (Å²) in [6.07, 6.45) is 0. The van der Waals surface area contributed by atoms with Crippen molar-refractivity contribution >= 4 is 31.9 Å². The van der Waals surface area contributed by atoms with E-state index in [9.17, 15) is 0 Å². The zero-order valence-electron chi connectivity index (χ0n) is 8.00. The molecule has 0 saturated carbocycles. The van der Waals surface area contributed by atoms with Crippen LogP contribution in [0.25, 0.3) is 0 Å². The van der Waals surface area contributed by atoms with Gasteiger partial charge >= 0.3 is 0 Å². The first kappa shape index (κ1) is 12.2. The monoisotopic (exact) mass is 321 g/mol. The van der Waals surface area contributed by atoms with Crippen molar-refractivity contribution in [3.8, 4) is 0 Å². The Bertz CT molecular complexity index is 304. The van der Waals surface area contributed by atoms with E-state index in [1.807, 2.05) is 13.1 Å². The third-order valence-electron chi connectivity index (χ3n) is 1.92. The lowest BCUT2D eigenvalue weighted by atomic mass is 10.2. The number of likely N-dealkylation sites (N-methyl/N-ethyl adjacent to an activating group) is 1. The molecule has 1 aromatic carbocycles. The van der Waals surface area contributed by atoms with Crippen LogP contribution in [0.15, 0.2) is 27.1 Å². The number of aliphatic hydroxyl groups is 1. The second kappa shape index (κ2) is 5.85. The number of aliphatic hydroxyl groups excluding tert-OH is 1. The van der Waals surface area contributed by atoms with Gasteiger partial charge in [0.1, 0.15) is 0 Å². The van der Waals surface area contributed by atoms with E-state index in [1.165, 1.54) is 5.56 Å². The van der Waals surface area contributed by atoms with Gasteiger partial charge in [0, 0.05) is 22.0 Å². The van der Waals surface area contributed by atoms with Crippen molar-refractivity contribution in [2.24, 2.45) is 0 Å². The van der Waals surface area contributed by atoms with Gasteiger partial charge in [-0.15, -0.1) is 0 Å². The predicted molar refractivity (Wildman–Crippen MR) is 65.3 cm³/mol. The smallest absolute Gasteiger partial charge is 0.0558 e. The van der Waals surface area contributed by atoms with E-state index < -0.39 is 0 Å². The first-order valence-electron chi connectivity index (χ1n) is 4.37. The summed E-state index contributed by atoms with van der Waals surface area (Å²) in [6, 6.07) is 6.17. The van der Waals surface area contributed by atoms with Crippen molar-refractivity contribution in [3.05, 3.63) is 32.7 Å². The summed E-state index contributed by atoms with van der Waals surface area (Å²) in [5.74, 6) is 0. The maximum Gasteiger partial charge on any atom is 0.0558 e. The van der Waals surface area contributed by atoms with Gasteiger partial charge in [0.15, 0.2) is 0 Å². The molecule has 4 heteroatoms. The van der Waals surface area contributed by atoms with Crippen LogP contribution in [0.1, 0.15) is 5.56 Å². The highest BCUT2D eigenvalue weighted by Crippen LogP contribution is 2.24. The Hall–Kier alpha value is 0.1000. The van der Waals surface area contributed by atoms with Gasteiger partial charge in [-0.2, -0.15) is 0 Å². The molecule has 1 rings (SSSR count). The van der Waals surface area contributed by atoms with Crippen LogP contribution in [0.2, 0.25) is 0 Å². The lowest BCUT2D eigenvalue weighted by Crippen LogP contribution is -2.21. The summed E-state index contributed by atoms with van der Waals surface area (Å²) >= 11 is 6.89. The van der Waals surface area contributed by atoms with E-state index in [0.717, 1.165) is 15.5 Å². The first-order chi connectivity index (χ1) is 6.63. The van der Waals surface area contributed by atoms with Crippen LogP contribution in [0.4, 0.5) is 0 Å². The lowest BCUT2D eigenvalue weighted by molar-refractivity contribution is 0.217. The SMILES string of the molecule is CN(CCO)Cc1ccc(Br)c(Br)c1. The highest BCUT2D eigenvalue weighted by molar-refractivity contribution is 9.13. The van der Waals surface area contributed by atoms with Crippen molar-refractivity contribution < 1.29 is 5.11 Å². The van der Waals surface area contributed by atoms with Crippen LogP contribution in [-0.4, -0.2) is 30.2 Å². The topological polar surface area (TPSA) is 23.5 Å². The van der Waals surface area contributed by atoms with Crippen LogP contribution in [-0.2, 0) is 6.54 Å². The number of benzene rings is 1. The minimum atomic E-state index is 0.203. The Morgan fingerprint density at radius 1 is 1.29 bits per heavy atom. The molecule has 0 atom stereocenters. The fourth-order valence-electron chi connectivity index (χ4n) is 1.20. The number of halogens is 2. The van der Waals surface area contributed by atoms with E-state index >= 15 is 0 Å². The van der Waals surface area contributed by atoms with Gasteiger partial charge in [-0.1, -0.05) is 6.07 Å². The third-order valence-corrected chi connectivity index (χ3v) is 3.80. The Labute approximate surface area is 101 Å². The van der Waals surface area contributed by atoms with Crippen molar-refractivity contribution in [3.63, 3.8) is 0 Å². The largest absolute Gasteiger partial charge is 0.395 e. The summed E-state index contributed by atoms with van der Waals surface area (Å²) in [4.78, 5) is 2.08. The standard InChI is InChI=1S/C10H13Br2NO/c1-13(4-5-14)7-8-2-3-9(11)10(12)6-8/h2-3,6,14H,4-5,7H2,1H3. The summed E-state index contributed by atoms with van der Waals surface area (Å²) < 4.78 is 2.12. The molecule has 0 aliphatic carbocycles. The highest BCUT2D eigenvalue weighted by Gasteiger charge is 2.01. The summed E-state index contributed by atoms with van der Waals surface area (Å²) in [6.45, 7) is 1.76. The molecule has 0 saturated heterocycles. The Morgan fingerprint density at radius 3 is 2.57 bits per heavy atom. The highest BCUT2D eigenvalue weighted by atomic mass is 79.9. The van der Waals surface area contributed by atoms with Crippen LogP contribution < -0.4 is 0 Å². The van der Waals surface area contributed by atoms with Crippen molar-refractivity contribution in [1.29, 1.82) is 0 Å². The van der Waals surface area contributed by atoms with Crippen molar-refractivity contribution in [2.75, 3.05) is 20.2 Å². The molecule has 0 fully saturated rings. The van der Waals surface area contributed by atoms with Crippen LogP contribution in [0.5, 0.6) is 0 Å². The quantitative estimate of drug-likeness (QED) is 0.921. The number of hydrogen-bond acceptors (Lipinski definition) is 2. The van der Waals surface area contributed by atoms with Crippen LogP contribution >= 0.6 is 31.9 Å². The average Bonchev–Trinajstić information content (AvgIpc) is 2.12. The lowest BCUT2D eigenvalue weighted by Gasteiger charge is -2.15. The zero-order valence-corrected chi connectivity index (χ0v) is 11.2. The summed E-state index contributed by atoms with van der Waals surface area (Å²) in [7, 11) is 1.99. The maximum atomic E-state index is 8.75. The van der Waals surface area contributed by atoms with Gasteiger partial charge in [0.05, 0.1) is 6.61 Å². The molecular formula is C10H13Br2NO. The van der Waals surface area contributed by atoms with Gasteiger partial charge in [-0.05, 0) is 56.6 Å². The molecule has 0 aromatic heterocycles. The predicted octanol–water partition coefficient (Wildman–Crippen LogP) is 2.64. The Kier molecular flexibility index (Phi) is 5.09.